The lowest BCUT2D eigenvalue weighted by Gasteiger charge is -2.22. The molecule has 0 atom stereocenters. The molecule has 0 spiro atoms. The van der Waals surface area contributed by atoms with E-state index in [9.17, 15) is 0 Å². The van der Waals surface area contributed by atoms with Crippen molar-refractivity contribution in [1.82, 2.24) is 9.80 Å². The Morgan fingerprint density at radius 2 is 0.744 bits per heavy atom. The summed E-state index contributed by atoms with van der Waals surface area (Å²) in [4.78, 5) is 23.4. The fraction of sp³-hybridized carbons (Fsp3) is 0.148. The van der Waals surface area contributed by atoms with Gasteiger partial charge in [-0.15, -0.1) is 0 Å². The van der Waals surface area contributed by atoms with Crippen molar-refractivity contribution in [3.8, 4) is 11.1 Å². The third-order valence-electron chi connectivity index (χ3n) is 17.6. The average Bonchev–Trinajstić information content (AvgIpc) is 1.96. The number of unbranched alkanes of at least 4 members (excludes halogenated alkanes) is 2. The van der Waals surface area contributed by atoms with Gasteiger partial charge in [0.15, 0.2) is 37.2 Å². The van der Waals surface area contributed by atoms with Crippen molar-refractivity contribution in [2.45, 2.75) is 72.6 Å². The van der Waals surface area contributed by atoms with Crippen LogP contribution < -0.4 is 23.7 Å². The molecule has 2 N–H and O–H groups in total. The maximum absolute atomic E-state index is 5.54. The molecule has 9 heteroatoms. The van der Waals surface area contributed by atoms with Gasteiger partial charge in [0.2, 0.25) is 22.8 Å². The SMILES string of the molecule is Cc1ccc(C2=C3C=CC(=N3)C(c3cc[n+](CCCC[n+]4ccc(-c5cc[n+](CCCCN6C=CC(=C7C=CN(Cc8ccccc8)C=C7)C=C6)cc5)cc4)cc3)=C3C=CC(=N3)C(c3ccc(C)cc3)=C3C=CC(=[NH+]3)C(c3ccc(C)cc3)=C3C=CC2=[NH+]3)cc1. The van der Waals surface area contributed by atoms with E-state index in [-0.39, 0.29) is 0 Å². The van der Waals surface area contributed by atoms with Gasteiger partial charge in [0.05, 0.1) is 34.0 Å². The van der Waals surface area contributed by atoms with E-state index in [4.69, 9.17) is 9.98 Å². The highest BCUT2D eigenvalue weighted by Crippen LogP contribution is 2.35. The number of benzene rings is 4. The number of rotatable bonds is 17. The van der Waals surface area contributed by atoms with Gasteiger partial charge in [-0.3, -0.25) is 0 Å². The second kappa shape index (κ2) is 25.9. The van der Waals surface area contributed by atoms with Gasteiger partial charge in [-0.2, -0.15) is 0 Å². The Bertz CT molecular complexity index is 4410. The normalized spacial score (nSPS) is 16.4. The van der Waals surface area contributed by atoms with E-state index in [2.05, 4.69) is 329 Å². The Balaban J connectivity index is 0.633. The van der Waals surface area contributed by atoms with Crippen molar-refractivity contribution < 1.29 is 23.7 Å². The molecule has 0 radical (unpaired) electrons. The van der Waals surface area contributed by atoms with Crippen molar-refractivity contribution in [2.24, 2.45) is 9.98 Å². The fourth-order valence-electron chi connectivity index (χ4n) is 12.5. The molecular weight excluding hydrogens is 1100 g/mol. The standard InChI is InChI=1S/C81H72N9/c1-58-13-19-66(20-14-58)78-70-25-27-72(82-70)79(67-21-15-59(2)16-22-67)74-29-31-76(84-74)81(77-32-30-75(85-77)80(73-28-26-71(78)83-73)68-23-17-60(3)18-24-68)69-41-53-89(54-42-69)46-10-9-45-87-49-35-63(36-50-87)62-33-47-86(48-34-62)43-7-8-44-88-51-37-64(38-52-88)65-39-55-90(56-40-65)57-61-11-5-4-6-12-61/h4-6,11-42,47-56H,7-10,43-46,57H2,1-3H3/q+3/p+2. The van der Waals surface area contributed by atoms with E-state index < -0.39 is 0 Å². The largest absolute Gasteiger partial charge is 0.354 e. The highest BCUT2D eigenvalue weighted by Gasteiger charge is 2.33. The van der Waals surface area contributed by atoms with Crippen LogP contribution >= 0.6 is 0 Å². The minimum absolute atomic E-state index is 0.872. The van der Waals surface area contributed by atoms with Crippen LogP contribution in [0.5, 0.6) is 0 Å². The summed E-state index contributed by atoms with van der Waals surface area (Å²) in [6, 6.07) is 50.4. The molecule has 0 aliphatic carbocycles. The van der Waals surface area contributed by atoms with Gasteiger partial charge in [-0.05, 0) is 126 Å². The first-order valence-electron chi connectivity index (χ1n) is 31.6. The number of aliphatic imine (C=N–C) groups is 2. The maximum atomic E-state index is 5.54. The summed E-state index contributed by atoms with van der Waals surface area (Å²) in [6.07, 6.45) is 52.7. The Morgan fingerprint density at radius 1 is 0.344 bits per heavy atom. The molecule has 0 saturated carbocycles. The summed E-state index contributed by atoms with van der Waals surface area (Å²) in [5, 5.41) is 0. The van der Waals surface area contributed by atoms with Crippen LogP contribution in [-0.2, 0) is 26.2 Å². The number of aromatic nitrogens is 3. The van der Waals surface area contributed by atoms with Crippen LogP contribution in [0.4, 0.5) is 0 Å². The van der Waals surface area contributed by atoms with E-state index in [1.807, 2.05) is 0 Å². The van der Waals surface area contributed by atoms with E-state index >= 15 is 0 Å². The topological polar surface area (TPSA) is 70.8 Å². The lowest BCUT2D eigenvalue weighted by atomic mass is 9.97. The predicted octanol–water partition coefficient (Wildman–Crippen LogP) is 11.7. The van der Waals surface area contributed by atoms with Crippen LogP contribution in [0.2, 0.25) is 0 Å². The molecule has 0 unspecified atom stereocenters. The predicted molar refractivity (Wildman–Crippen MR) is 364 cm³/mol. The van der Waals surface area contributed by atoms with Crippen molar-refractivity contribution >= 4 is 45.1 Å². The Morgan fingerprint density at radius 3 is 1.26 bits per heavy atom. The number of hydrogen-bond acceptors (Lipinski definition) is 4. The smallest absolute Gasteiger partial charge is 0.218 e. The van der Waals surface area contributed by atoms with Crippen LogP contribution in [0.3, 0.4) is 0 Å². The summed E-state index contributed by atoms with van der Waals surface area (Å²) < 4.78 is 6.91. The molecule has 7 aromatic rings. The molecule has 14 rings (SSSR count). The number of allylic oxidation sites excluding steroid dienone is 18. The van der Waals surface area contributed by atoms with E-state index in [0.29, 0.717) is 0 Å². The van der Waals surface area contributed by atoms with Gasteiger partial charge >= 0.3 is 0 Å². The molecule has 3 aromatic heterocycles. The minimum Gasteiger partial charge on any atom is -0.354 e. The molecule has 4 aromatic carbocycles. The molecule has 438 valence electrons. The molecule has 8 bridgehead atoms. The summed E-state index contributed by atoms with van der Waals surface area (Å²) in [5.41, 5.74) is 25.9. The van der Waals surface area contributed by atoms with Crippen molar-refractivity contribution in [3.05, 3.63) is 353 Å². The summed E-state index contributed by atoms with van der Waals surface area (Å²) >= 11 is 0. The highest BCUT2D eigenvalue weighted by atomic mass is 15.1. The number of pyridine rings is 3. The average molecular weight is 1170 g/mol. The molecule has 0 fully saturated rings. The molecule has 9 nitrogen and oxygen atoms in total. The van der Waals surface area contributed by atoms with Crippen LogP contribution in [-0.4, -0.2) is 39.2 Å². The second-order valence-electron chi connectivity index (χ2n) is 24.1. The minimum atomic E-state index is 0.872. The number of hydrogen-bond donors (Lipinski definition) is 2. The monoisotopic (exact) mass is 1170 g/mol. The lowest BCUT2D eigenvalue weighted by Crippen LogP contribution is -2.71. The quantitative estimate of drug-likeness (QED) is 0.0705. The van der Waals surface area contributed by atoms with Gasteiger partial charge in [0, 0.05) is 123 Å². The first kappa shape index (κ1) is 57.0. The molecule has 7 aliphatic rings. The van der Waals surface area contributed by atoms with Gasteiger partial charge < -0.3 is 9.80 Å². The Labute approximate surface area is 528 Å². The van der Waals surface area contributed by atoms with Gasteiger partial charge in [-0.1, -0.05) is 120 Å². The van der Waals surface area contributed by atoms with Crippen LogP contribution in [0.25, 0.3) is 33.4 Å². The second-order valence-corrected chi connectivity index (χ2v) is 24.1. The lowest BCUT2D eigenvalue weighted by molar-refractivity contribution is -0.708. The first-order valence-corrected chi connectivity index (χ1v) is 31.6. The zero-order valence-electron chi connectivity index (χ0n) is 51.5. The van der Waals surface area contributed by atoms with Crippen molar-refractivity contribution in [1.29, 1.82) is 0 Å². The third-order valence-corrected chi connectivity index (χ3v) is 17.6. The molecular formula is C81H74N9+5. The van der Waals surface area contributed by atoms with Crippen LogP contribution in [0.15, 0.2) is 318 Å². The molecule has 10 heterocycles. The Kier molecular flexibility index (Phi) is 16.4. The van der Waals surface area contributed by atoms with Gasteiger partial charge in [0.25, 0.3) is 0 Å². The Hall–Kier alpha value is -10.8. The van der Waals surface area contributed by atoms with Crippen LogP contribution in [0.1, 0.15) is 70.2 Å². The van der Waals surface area contributed by atoms with Gasteiger partial charge in [0.1, 0.15) is 25.2 Å². The summed E-state index contributed by atoms with van der Waals surface area (Å²) in [5.74, 6) is 0. The summed E-state index contributed by atoms with van der Waals surface area (Å²) in [7, 11) is 0. The zero-order chi connectivity index (χ0) is 60.8. The molecule has 7 aliphatic heterocycles. The number of aryl methyl sites for hydroxylation is 6. The fourth-order valence-corrected chi connectivity index (χ4v) is 12.5. The zero-order valence-corrected chi connectivity index (χ0v) is 51.5. The first-order chi connectivity index (χ1) is 44.3. The van der Waals surface area contributed by atoms with Crippen molar-refractivity contribution in [2.75, 3.05) is 6.54 Å². The van der Waals surface area contributed by atoms with E-state index in [1.165, 1.54) is 44.5 Å². The molecule has 90 heavy (non-hydrogen) atoms. The highest BCUT2D eigenvalue weighted by molar-refractivity contribution is 6.37. The number of fused-ring (bicyclic) bond motifs is 4. The van der Waals surface area contributed by atoms with Crippen molar-refractivity contribution in [3.63, 3.8) is 0 Å². The summed E-state index contributed by atoms with van der Waals surface area (Å²) in [6.45, 7) is 11.1. The van der Waals surface area contributed by atoms with Crippen LogP contribution in [0, 0.1) is 20.8 Å². The third kappa shape index (κ3) is 12.8. The molecule has 0 amide bonds. The number of nitrogens with one attached hydrogen (secondary N) is 2. The maximum Gasteiger partial charge on any atom is 0.218 e. The molecule has 0 saturated heterocycles. The van der Waals surface area contributed by atoms with E-state index in [1.54, 1.807) is 0 Å². The number of nitrogens with zero attached hydrogens (tertiary/aromatic N) is 7. The van der Waals surface area contributed by atoms with E-state index in [0.717, 1.165) is 149 Å². The van der Waals surface area contributed by atoms with Gasteiger partial charge in [-0.25, -0.2) is 33.7 Å².